The molecule has 2 heterocycles. The van der Waals surface area contributed by atoms with Crippen molar-refractivity contribution in [2.75, 3.05) is 6.54 Å². The number of rotatable bonds is 2. The SMILES string of the molecule is Clc1ccccc1CN1C[C@H]2CC[C@@H]1Cc1ccccc1C2. The molecular weight excluding hydrogens is 290 g/mol. The number of benzene rings is 2. The van der Waals surface area contributed by atoms with E-state index in [1.807, 2.05) is 12.1 Å². The lowest BCUT2D eigenvalue weighted by molar-refractivity contribution is 0.0938. The molecule has 0 saturated carbocycles. The summed E-state index contributed by atoms with van der Waals surface area (Å²) >= 11 is 6.37. The maximum absolute atomic E-state index is 6.37. The Bertz CT molecular complexity index is 666. The molecule has 0 unspecified atom stereocenters. The van der Waals surface area contributed by atoms with Crippen LogP contribution in [0.1, 0.15) is 29.5 Å². The summed E-state index contributed by atoms with van der Waals surface area (Å²) in [5.41, 5.74) is 4.40. The van der Waals surface area contributed by atoms with Crippen LogP contribution in [0.5, 0.6) is 0 Å². The lowest BCUT2D eigenvalue weighted by Gasteiger charge is -2.42. The number of hydrogen-bond donors (Lipinski definition) is 0. The largest absolute Gasteiger partial charge is 0.295 e. The van der Waals surface area contributed by atoms with E-state index in [0.29, 0.717) is 6.04 Å². The first-order chi connectivity index (χ1) is 10.8. The molecule has 2 aliphatic heterocycles. The molecule has 2 aromatic rings. The highest BCUT2D eigenvalue weighted by atomic mass is 35.5. The second-order valence-corrected chi connectivity index (χ2v) is 7.20. The molecule has 0 N–H and O–H groups in total. The van der Waals surface area contributed by atoms with Crippen molar-refractivity contribution < 1.29 is 0 Å². The first-order valence-electron chi connectivity index (χ1n) is 8.34. The van der Waals surface area contributed by atoms with E-state index in [1.54, 1.807) is 11.1 Å². The third kappa shape index (κ3) is 2.80. The first kappa shape index (κ1) is 14.3. The summed E-state index contributed by atoms with van der Waals surface area (Å²) in [4.78, 5) is 2.67. The molecule has 0 radical (unpaired) electrons. The number of fused-ring (bicyclic) bond motifs is 2. The predicted octanol–water partition coefficient (Wildman–Crippen LogP) is 4.72. The Labute approximate surface area is 137 Å². The quantitative estimate of drug-likeness (QED) is 0.775. The number of nitrogens with zero attached hydrogens (tertiary/aromatic N) is 1. The Balaban J connectivity index is 1.60. The minimum absolute atomic E-state index is 0.661. The molecule has 0 aromatic heterocycles. The van der Waals surface area contributed by atoms with E-state index >= 15 is 0 Å². The van der Waals surface area contributed by atoms with Crippen LogP contribution in [0, 0.1) is 5.92 Å². The van der Waals surface area contributed by atoms with E-state index in [0.717, 1.165) is 17.5 Å². The maximum Gasteiger partial charge on any atom is 0.0451 e. The van der Waals surface area contributed by atoms with Gasteiger partial charge in [0, 0.05) is 24.2 Å². The molecule has 5 rings (SSSR count). The van der Waals surface area contributed by atoms with Gasteiger partial charge in [0.2, 0.25) is 0 Å². The number of halogens is 1. The van der Waals surface area contributed by atoms with E-state index in [1.165, 1.54) is 37.8 Å². The molecule has 0 spiro atoms. The Kier molecular flexibility index (Phi) is 3.94. The summed E-state index contributed by atoms with van der Waals surface area (Å²) in [6.45, 7) is 2.20. The van der Waals surface area contributed by atoms with Crippen LogP contribution in [-0.2, 0) is 19.4 Å². The van der Waals surface area contributed by atoms with Crippen LogP contribution >= 0.6 is 11.6 Å². The third-order valence-corrected chi connectivity index (χ3v) is 5.70. The molecule has 2 bridgehead atoms. The van der Waals surface area contributed by atoms with Crippen LogP contribution in [0.4, 0.5) is 0 Å². The van der Waals surface area contributed by atoms with Crippen molar-refractivity contribution in [2.24, 2.45) is 5.92 Å². The van der Waals surface area contributed by atoms with Crippen LogP contribution in [-0.4, -0.2) is 17.5 Å². The van der Waals surface area contributed by atoms with Crippen LogP contribution in [0.2, 0.25) is 5.02 Å². The highest BCUT2D eigenvalue weighted by Gasteiger charge is 2.31. The van der Waals surface area contributed by atoms with Crippen LogP contribution in [0.25, 0.3) is 0 Å². The Morgan fingerprint density at radius 1 is 0.909 bits per heavy atom. The van der Waals surface area contributed by atoms with Gasteiger partial charge in [0.15, 0.2) is 0 Å². The van der Waals surface area contributed by atoms with Crippen LogP contribution in [0.15, 0.2) is 48.5 Å². The number of hydrogen-bond acceptors (Lipinski definition) is 1. The average molecular weight is 312 g/mol. The average Bonchev–Trinajstić information content (AvgIpc) is 2.50. The molecule has 1 nitrogen and oxygen atoms in total. The molecule has 22 heavy (non-hydrogen) atoms. The fourth-order valence-corrected chi connectivity index (χ4v) is 4.34. The molecule has 1 aliphatic carbocycles. The summed E-state index contributed by atoms with van der Waals surface area (Å²) in [5.74, 6) is 0.792. The second-order valence-electron chi connectivity index (χ2n) is 6.80. The first-order valence-corrected chi connectivity index (χ1v) is 8.71. The van der Waals surface area contributed by atoms with E-state index in [-0.39, 0.29) is 0 Å². The second kappa shape index (κ2) is 6.06. The zero-order chi connectivity index (χ0) is 14.9. The molecule has 0 amide bonds. The monoisotopic (exact) mass is 311 g/mol. The minimum atomic E-state index is 0.661. The van der Waals surface area contributed by atoms with Crippen molar-refractivity contribution in [3.8, 4) is 0 Å². The molecule has 1 saturated heterocycles. The summed E-state index contributed by atoms with van der Waals surface area (Å²) in [6.07, 6.45) is 5.12. The summed E-state index contributed by atoms with van der Waals surface area (Å²) in [7, 11) is 0. The zero-order valence-electron chi connectivity index (χ0n) is 12.8. The Morgan fingerprint density at radius 2 is 1.64 bits per heavy atom. The van der Waals surface area contributed by atoms with Crippen molar-refractivity contribution >= 4 is 11.6 Å². The lowest BCUT2D eigenvalue weighted by atomic mass is 9.80. The van der Waals surface area contributed by atoms with Crippen molar-refractivity contribution in [1.82, 2.24) is 4.90 Å². The molecule has 2 atom stereocenters. The predicted molar refractivity (Wildman–Crippen MR) is 92.2 cm³/mol. The van der Waals surface area contributed by atoms with E-state index in [4.69, 9.17) is 11.6 Å². The fourth-order valence-electron chi connectivity index (χ4n) is 4.14. The summed E-state index contributed by atoms with van der Waals surface area (Å²) in [5, 5.41) is 0.904. The van der Waals surface area contributed by atoms with Gasteiger partial charge in [-0.05, 0) is 54.4 Å². The standard InChI is InChI=1S/C20H22ClN/c21-20-8-4-3-7-18(20)14-22-13-15-9-10-19(22)12-17-6-2-1-5-16(17)11-15/h1-8,15,19H,9-14H2/t15-,19+/m0/s1. The van der Waals surface area contributed by atoms with Gasteiger partial charge in [-0.1, -0.05) is 54.1 Å². The van der Waals surface area contributed by atoms with Gasteiger partial charge in [0.25, 0.3) is 0 Å². The van der Waals surface area contributed by atoms with Crippen molar-refractivity contribution in [3.05, 3.63) is 70.2 Å². The molecule has 1 fully saturated rings. The van der Waals surface area contributed by atoms with Gasteiger partial charge in [0.05, 0.1) is 0 Å². The van der Waals surface area contributed by atoms with Gasteiger partial charge in [-0.25, -0.2) is 0 Å². The molecule has 3 aliphatic rings. The molecule has 2 aromatic carbocycles. The highest BCUT2D eigenvalue weighted by molar-refractivity contribution is 6.31. The fraction of sp³-hybridized carbons (Fsp3) is 0.400. The minimum Gasteiger partial charge on any atom is -0.295 e. The highest BCUT2D eigenvalue weighted by Crippen LogP contribution is 2.33. The molecule has 2 heteroatoms. The van der Waals surface area contributed by atoms with E-state index in [9.17, 15) is 0 Å². The van der Waals surface area contributed by atoms with Gasteiger partial charge < -0.3 is 0 Å². The Morgan fingerprint density at radius 3 is 2.45 bits per heavy atom. The van der Waals surface area contributed by atoms with Crippen molar-refractivity contribution in [1.29, 1.82) is 0 Å². The van der Waals surface area contributed by atoms with Crippen LogP contribution in [0.3, 0.4) is 0 Å². The van der Waals surface area contributed by atoms with Gasteiger partial charge >= 0.3 is 0 Å². The zero-order valence-corrected chi connectivity index (χ0v) is 13.6. The summed E-state index contributed by atoms with van der Waals surface area (Å²) in [6, 6.07) is 18.0. The lowest BCUT2D eigenvalue weighted by Crippen LogP contribution is -2.46. The van der Waals surface area contributed by atoms with Crippen LogP contribution < -0.4 is 0 Å². The Hall–Kier alpha value is -1.31. The van der Waals surface area contributed by atoms with Gasteiger partial charge in [-0.15, -0.1) is 0 Å². The topological polar surface area (TPSA) is 3.24 Å². The van der Waals surface area contributed by atoms with Gasteiger partial charge in [0.1, 0.15) is 0 Å². The van der Waals surface area contributed by atoms with Crippen molar-refractivity contribution in [3.63, 3.8) is 0 Å². The number of piperidine rings is 1. The van der Waals surface area contributed by atoms with E-state index < -0.39 is 0 Å². The third-order valence-electron chi connectivity index (χ3n) is 5.33. The normalized spacial score (nSPS) is 24.6. The maximum atomic E-state index is 6.37. The van der Waals surface area contributed by atoms with Gasteiger partial charge in [-0.3, -0.25) is 4.90 Å². The summed E-state index contributed by atoms with van der Waals surface area (Å²) < 4.78 is 0. The molecule has 114 valence electrons. The van der Waals surface area contributed by atoms with Crippen molar-refractivity contribution in [2.45, 2.75) is 38.3 Å². The molecular formula is C20H22ClN. The van der Waals surface area contributed by atoms with Gasteiger partial charge in [-0.2, -0.15) is 0 Å². The smallest absolute Gasteiger partial charge is 0.0451 e. The van der Waals surface area contributed by atoms with E-state index in [2.05, 4.69) is 41.3 Å².